The maximum absolute atomic E-state index is 13.6. The second kappa shape index (κ2) is 13.8. The monoisotopic (exact) mass is 614 g/mol. The third kappa shape index (κ3) is 7.95. The minimum atomic E-state index is -4.77. The van der Waals surface area contributed by atoms with E-state index < -0.39 is 20.9 Å². The lowest BCUT2D eigenvalue weighted by molar-refractivity contribution is -0.274. The number of ether oxygens (including phenoxy) is 3. The molecule has 16 heteroatoms. The molecular weight excluding hydrogens is 581 g/mol. The third-order valence-corrected chi connectivity index (χ3v) is 9.64. The van der Waals surface area contributed by atoms with E-state index in [9.17, 15) is 26.8 Å². The molecule has 42 heavy (non-hydrogen) atoms. The second-order valence-corrected chi connectivity index (χ2v) is 12.2. The van der Waals surface area contributed by atoms with E-state index >= 15 is 0 Å². The summed E-state index contributed by atoms with van der Waals surface area (Å²) in [6.45, 7) is 3.04. The maximum atomic E-state index is 13.6. The van der Waals surface area contributed by atoms with Gasteiger partial charge in [-0.3, -0.25) is 0 Å². The molecule has 0 saturated carbocycles. The van der Waals surface area contributed by atoms with Gasteiger partial charge in [0.1, 0.15) is 11.5 Å². The van der Waals surface area contributed by atoms with E-state index in [0.29, 0.717) is 63.4 Å². The highest BCUT2D eigenvalue weighted by molar-refractivity contribution is 7.92. The number of piperidine rings is 1. The molecule has 2 aromatic carbocycles. The molecule has 4 rings (SSSR count). The Morgan fingerprint density at radius 3 is 2.29 bits per heavy atom. The summed E-state index contributed by atoms with van der Waals surface area (Å²) in [6.07, 6.45) is -3.51. The summed E-state index contributed by atoms with van der Waals surface area (Å²) >= 11 is 0. The van der Waals surface area contributed by atoms with Gasteiger partial charge in [0.25, 0.3) is 0 Å². The lowest BCUT2D eigenvalue weighted by Crippen LogP contribution is -2.54. The van der Waals surface area contributed by atoms with Crippen molar-refractivity contribution < 1.29 is 41.0 Å². The van der Waals surface area contributed by atoms with E-state index in [4.69, 9.17) is 9.47 Å². The van der Waals surface area contributed by atoms with Crippen molar-refractivity contribution >= 4 is 9.84 Å². The lowest BCUT2D eigenvalue weighted by Gasteiger charge is -2.40. The van der Waals surface area contributed by atoms with Gasteiger partial charge in [0, 0.05) is 32.2 Å². The van der Waals surface area contributed by atoms with Crippen LogP contribution in [0.3, 0.4) is 0 Å². The molecule has 1 aliphatic heterocycles. The molecular formula is C26H33F3N6O6S. The van der Waals surface area contributed by atoms with Crippen molar-refractivity contribution in [3.05, 3.63) is 48.5 Å². The van der Waals surface area contributed by atoms with Gasteiger partial charge in [-0.2, -0.15) is 4.80 Å². The molecule has 1 saturated heterocycles. The van der Waals surface area contributed by atoms with E-state index in [1.165, 1.54) is 41.2 Å². The van der Waals surface area contributed by atoms with Crippen molar-refractivity contribution in [3.8, 4) is 22.9 Å². The molecule has 0 bridgehead atoms. The van der Waals surface area contributed by atoms with Gasteiger partial charge >= 0.3 is 6.36 Å². The Bertz CT molecular complexity index is 1380. The normalized spacial score (nSPS) is 15.9. The zero-order valence-corrected chi connectivity index (χ0v) is 23.8. The van der Waals surface area contributed by atoms with Crippen LogP contribution in [0.25, 0.3) is 11.4 Å². The van der Waals surface area contributed by atoms with Crippen LogP contribution >= 0.6 is 0 Å². The summed E-state index contributed by atoms with van der Waals surface area (Å²) < 4.78 is 77.8. The Morgan fingerprint density at radius 2 is 1.67 bits per heavy atom. The fourth-order valence-corrected chi connectivity index (χ4v) is 6.68. The molecule has 2 heterocycles. The molecule has 3 aromatic rings. The molecule has 12 nitrogen and oxygen atoms in total. The molecule has 1 fully saturated rings. The first-order valence-corrected chi connectivity index (χ1v) is 14.7. The Kier molecular flexibility index (Phi) is 10.4. The number of hydroxylamine groups is 1. The van der Waals surface area contributed by atoms with Crippen LogP contribution in [0.15, 0.2) is 53.4 Å². The minimum Gasteiger partial charge on any atom is -0.494 e. The van der Waals surface area contributed by atoms with Crippen molar-refractivity contribution in [2.75, 3.05) is 46.5 Å². The number of tetrazole rings is 1. The fraction of sp³-hybridized carbons (Fsp3) is 0.500. The summed E-state index contributed by atoms with van der Waals surface area (Å²) in [5, 5.41) is 21.5. The number of alkyl halides is 3. The van der Waals surface area contributed by atoms with Crippen LogP contribution in [0.1, 0.15) is 19.3 Å². The molecule has 0 aliphatic carbocycles. The third-order valence-electron chi connectivity index (χ3n) is 7.05. The highest BCUT2D eigenvalue weighted by Crippen LogP contribution is 2.36. The maximum Gasteiger partial charge on any atom is 0.573 e. The second-order valence-electron chi connectivity index (χ2n) is 9.81. The van der Waals surface area contributed by atoms with Gasteiger partial charge in [0.2, 0.25) is 5.82 Å². The number of halogens is 3. The largest absolute Gasteiger partial charge is 0.573 e. The summed E-state index contributed by atoms with van der Waals surface area (Å²) in [5.74, 6) is 0.398. The number of sulfone groups is 1. The van der Waals surface area contributed by atoms with Crippen molar-refractivity contribution in [2.45, 2.75) is 41.8 Å². The number of aryl methyl sites for hydroxylation is 1. The molecule has 0 spiro atoms. The average molecular weight is 615 g/mol. The first-order chi connectivity index (χ1) is 20.0. The van der Waals surface area contributed by atoms with Crippen molar-refractivity contribution in [1.82, 2.24) is 30.6 Å². The first kappa shape index (κ1) is 31.6. The molecule has 1 aliphatic rings. The van der Waals surface area contributed by atoms with Gasteiger partial charge in [-0.1, -0.05) is 0 Å². The van der Waals surface area contributed by atoms with Gasteiger partial charge in [-0.05, 0) is 79.7 Å². The molecule has 2 N–H and O–H groups in total. The molecule has 0 amide bonds. The van der Waals surface area contributed by atoms with E-state index in [-0.39, 0.29) is 23.0 Å². The van der Waals surface area contributed by atoms with Crippen molar-refractivity contribution in [1.29, 1.82) is 0 Å². The molecule has 0 atom stereocenters. The van der Waals surface area contributed by atoms with Crippen molar-refractivity contribution in [3.63, 3.8) is 0 Å². The zero-order chi connectivity index (χ0) is 30.2. The minimum absolute atomic E-state index is 0.0679. The average Bonchev–Trinajstić information content (AvgIpc) is 3.44. The number of aromatic nitrogens is 4. The van der Waals surface area contributed by atoms with Crippen LogP contribution in [0.4, 0.5) is 13.2 Å². The topological polar surface area (TPSA) is 141 Å². The van der Waals surface area contributed by atoms with Crippen LogP contribution in [0.2, 0.25) is 0 Å². The number of hydrogen-bond acceptors (Lipinski definition) is 11. The highest BCUT2D eigenvalue weighted by Gasteiger charge is 2.46. The first-order valence-electron chi connectivity index (χ1n) is 13.2. The van der Waals surface area contributed by atoms with Gasteiger partial charge in [0.05, 0.1) is 29.4 Å². The molecule has 1 aromatic heterocycles. The molecule has 230 valence electrons. The number of hydrogen-bond donors (Lipinski definition) is 2. The Balaban J connectivity index is 1.28. The number of methoxy groups -OCH3 is 1. The van der Waals surface area contributed by atoms with E-state index in [2.05, 4.69) is 30.5 Å². The van der Waals surface area contributed by atoms with Crippen LogP contribution in [-0.2, 0) is 21.1 Å². The smallest absolute Gasteiger partial charge is 0.494 e. The highest BCUT2D eigenvalue weighted by atomic mass is 32.2. The van der Waals surface area contributed by atoms with Crippen LogP contribution in [0.5, 0.6) is 11.5 Å². The predicted molar refractivity (Wildman–Crippen MR) is 144 cm³/mol. The lowest BCUT2D eigenvalue weighted by atomic mass is 9.96. The van der Waals surface area contributed by atoms with E-state index in [1.807, 2.05) is 0 Å². The summed E-state index contributed by atoms with van der Waals surface area (Å²) in [4.78, 5) is 3.66. The number of benzene rings is 2. The van der Waals surface area contributed by atoms with Gasteiger partial charge in [-0.25, -0.2) is 13.9 Å². The molecule has 0 unspecified atom stereocenters. The van der Waals surface area contributed by atoms with E-state index in [0.717, 1.165) is 6.54 Å². The zero-order valence-electron chi connectivity index (χ0n) is 23.0. The number of likely N-dealkylation sites (tertiary alicyclic amines) is 1. The Labute approximate surface area is 241 Å². The Morgan fingerprint density at radius 1 is 1.00 bits per heavy atom. The molecule has 0 radical (unpaired) electrons. The predicted octanol–water partition coefficient (Wildman–Crippen LogP) is 2.94. The Hall–Kier alpha value is -3.31. The van der Waals surface area contributed by atoms with Gasteiger partial charge in [0.15, 0.2) is 9.84 Å². The van der Waals surface area contributed by atoms with Gasteiger partial charge < -0.3 is 24.3 Å². The van der Waals surface area contributed by atoms with Crippen molar-refractivity contribution in [2.24, 2.45) is 0 Å². The quantitative estimate of drug-likeness (QED) is 0.205. The fourth-order valence-electron chi connectivity index (χ4n) is 4.71. The standard InChI is InChI=1S/C26H33F3N6O6S/c1-39-18-16-34-14-11-25(12-15-34,19-30-36)42(37,38)23-9-7-21(8-10-23)40-17-2-13-35-32-24(31-33-35)20-3-5-22(6-4-20)41-26(27,28)29/h3-10,30,36H,2,11-19H2,1H3. The van der Waals surface area contributed by atoms with E-state index in [1.54, 1.807) is 19.2 Å². The number of nitrogens with one attached hydrogen (secondary N) is 1. The number of rotatable bonds is 14. The van der Waals surface area contributed by atoms with Crippen LogP contribution < -0.4 is 15.0 Å². The SMILES string of the molecule is COCCN1CCC(CNO)(S(=O)(=O)c2ccc(OCCCn3nnc(-c4ccc(OC(F)(F)F)cc4)n3)cc2)CC1. The van der Waals surface area contributed by atoms with Crippen LogP contribution in [0, 0.1) is 0 Å². The van der Waals surface area contributed by atoms with Gasteiger partial charge in [-0.15, -0.1) is 23.4 Å². The summed E-state index contributed by atoms with van der Waals surface area (Å²) in [7, 11) is -2.13. The number of nitrogens with zero attached hydrogens (tertiary/aromatic N) is 5. The summed E-state index contributed by atoms with van der Waals surface area (Å²) in [5.41, 5.74) is 2.57. The summed E-state index contributed by atoms with van der Waals surface area (Å²) in [6, 6.07) is 11.4. The van der Waals surface area contributed by atoms with Crippen LogP contribution in [-0.4, -0.2) is 96.3 Å².